The lowest BCUT2D eigenvalue weighted by Crippen LogP contribution is -2.11. The Labute approximate surface area is 107 Å². The molecule has 0 radical (unpaired) electrons. The second kappa shape index (κ2) is 8.36. The molecule has 3 N–H and O–H groups in total. The number of esters is 1. The van der Waals surface area contributed by atoms with Gasteiger partial charge in [0.15, 0.2) is 0 Å². The maximum absolute atomic E-state index is 11.3. The van der Waals surface area contributed by atoms with Gasteiger partial charge in [0.05, 0.1) is 19.6 Å². The number of carbonyl (C=O) groups excluding carboxylic acids is 1. The molecule has 1 rings (SSSR count). The molecule has 0 aliphatic carbocycles. The van der Waals surface area contributed by atoms with Gasteiger partial charge in [-0.1, -0.05) is 6.07 Å². The third-order valence-corrected chi connectivity index (χ3v) is 2.25. The number of aliphatic hydroxyl groups is 1. The fourth-order valence-electron chi connectivity index (χ4n) is 1.33. The van der Waals surface area contributed by atoms with Crippen LogP contribution in [0.1, 0.15) is 19.3 Å². The second-order valence-electron chi connectivity index (χ2n) is 3.82. The van der Waals surface area contributed by atoms with Gasteiger partial charge in [-0.2, -0.15) is 0 Å². The molecular weight excluding hydrogens is 234 g/mol. The highest BCUT2D eigenvalue weighted by Gasteiger charge is 2.03. The van der Waals surface area contributed by atoms with Crippen molar-refractivity contribution in [3.63, 3.8) is 0 Å². The van der Waals surface area contributed by atoms with Crippen LogP contribution in [-0.2, 0) is 9.53 Å². The number of ether oxygens (including phenoxy) is 2. The number of unbranched alkanes of at least 4 members (excludes halogenated alkanes) is 1. The van der Waals surface area contributed by atoms with Gasteiger partial charge in [-0.05, 0) is 25.0 Å². The largest absolute Gasteiger partial charge is 0.493 e. The lowest BCUT2D eigenvalue weighted by Gasteiger charge is -2.07. The number of benzene rings is 1. The first-order valence-electron chi connectivity index (χ1n) is 5.97. The Bertz CT molecular complexity index is 368. The first-order valence-corrected chi connectivity index (χ1v) is 5.97. The van der Waals surface area contributed by atoms with E-state index in [1.54, 1.807) is 24.3 Å². The number of rotatable bonds is 8. The summed E-state index contributed by atoms with van der Waals surface area (Å²) in [5, 5.41) is 8.55. The van der Waals surface area contributed by atoms with Gasteiger partial charge in [-0.3, -0.25) is 4.79 Å². The van der Waals surface area contributed by atoms with Crippen molar-refractivity contribution in [2.24, 2.45) is 0 Å². The molecule has 100 valence electrons. The minimum absolute atomic E-state index is 0.121. The van der Waals surface area contributed by atoms with E-state index in [9.17, 15) is 4.79 Å². The Morgan fingerprint density at radius 2 is 2.11 bits per heavy atom. The van der Waals surface area contributed by atoms with Crippen LogP contribution in [0.5, 0.6) is 5.75 Å². The van der Waals surface area contributed by atoms with Gasteiger partial charge in [-0.15, -0.1) is 0 Å². The highest BCUT2D eigenvalue weighted by Crippen LogP contribution is 2.14. The number of anilines is 1. The summed E-state index contributed by atoms with van der Waals surface area (Å²) in [7, 11) is 0. The van der Waals surface area contributed by atoms with Gasteiger partial charge in [-0.25, -0.2) is 0 Å². The van der Waals surface area contributed by atoms with E-state index < -0.39 is 0 Å². The molecule has 0 heterocycles. The molecule has 18 heavy (non-hydrogen) atoms. The molecule has 0 saturated carbocycles. The summed E-state index contributed by atoms with van der Waals surface area (Å²) in [6, 6.07) is 7.04. The highest BCUT2D eigenvalue weighted by molar-refractivity contribution is 5.69. The smallest absolute Gasteiger partial charge is 0.309 e. The highest BCUT2D eigenvalue weighted by atomic mass is 16.5. The van der Waals surface area contributed by atoms with Crippen LogP contribution >= 0.6 is 0 Å². The van der Waals surface area contributed by atoms with Crippen molar-refractivity contribution in [3.05, 3.63) is 24.3 Å². The Morgan fingerprint density at radius 1 is 1.28 bits per heavy atom. The monoisotopic (exact) mass is 253 g/mol. The van der Waals surface area contributed by atoms with E-state index in [2.05, 4.69) is 0 Å². The van der Waals surface area contributed by atoms with Crippen LogP contribution in [0.4, 0.5) is 5.69 Å². The number of nitrogen functional groups attached to an aromatic ring is 1. The Kier molecular flexibility index (Phi) is 6.64. The number of hydrogen-bond acceptors (Lipinski definition) is 5. The molecule has 0 atom stereocenters. The minimum atomic E-state index is -0.295. The average Bonchev–Trinajstić information content (AvgIpc) is 2.35. The van der Waals surface area contributed by atoms with Crippen molar-refractivity contribution in [1.82, 2.24) is 0 Å². The molecule has 1 aromatic rings. The van der Waals surface area contributed by atoms with Crippen LogP contribution in [-0.4, -0.2) is 30.9 Å². The van der Waals surface area contributed by atoms with Crippen molar-refractivity contribution in [2.75, 3.05) is 25.6 Å². The van der Waals surface area contributed by atoms with Crippen molar-refractivity contribution in [3.8, 4) is 5.75 Å². The first-order chi connectivity index (χ1) is 8.72. The zero-order valence-electron chi connectivity index (χ0n) is 10.3. The second-order valence-corrected chi connectivity index (χ2v) is 3.82. The molecule has 5 heteroatoms. The first kappa shape index (κ1) is 14.3. The lowest BCUT2D eigenvalue weighted by molar-refractivity contribution is -0.144. The molecule has 1 aromatic carbocycles. The summed E-state index contributed by atoms with van der Waals surface area (Å²) in [5.74, 6) is 0.347. The number of hydrogen-bond donors (Lipinski definition) is 2. The van der Waals surface area contributed by atoms with Crippen LogP contribution < -0.4 is 10.5 Å². The van der Waals surface area contributed by atoms with Crippen molar-refractivity contribution in [2.45, 2.75) is 19.3 Å². The number of carbonyl (C=O) groups is 1. The topological polar surface area (TPSA) is 81.8 Å². The normalized spacial score (nSPS) is 10.1. The molecule has 0 bridgehead atoms. The van der Waals surface area contributed by atoms with Crippen molar-refractivity contribution >= 4 is 11.7 Å². The quantitative estimate of drug-likeness (QED) is 0.415. The molecule has 0 saturated heterocycles. The molecule has 5 nitrogen and oxygen atoms in total. The molecule has 0 aliphatic rings. The van der Waals surface area contributed by atoms with Crippen LogP contribution in [0.3, 0.4) is 0 Å². The summed E-state index contributed by atoms with van der Waals surface area (Å²) in [6.07, 6.45) is 1.53. The van der Waals surface area contributed by atoms with Crippen molar-refractivity contribution < 1.29 is 19.4 Å². The van der Waals surface area contributed by atoms with E-state index in [-0.39, 0.29) is 25.6 Å². The summed E-state index contributed by atoms with van der Waals surface area (Å²) in [6.45, 7) is 0.732. The van der Waals surface area contributed by atoms with Crippen LogP contribution in [0.25, 0.3) is 0 Å². The number of aliphatic hydroxyl groups excluding tert-OH is 1. The van der Waals surface area contributed by atoms with E-state index in [0.29, 0.717) is 30.9 Å². The van der Waals surface area contributed by atoms with Gasteiger partial charge < -0.3 is 20.3 Å². The molecule has 0 aromatic heterocycles. The summed E-state index contributed by atoms with van der Waals surface area (Å²) in [5.41, 5.74) is 6.22. The van der Waals surface area contributed by atoms with E-state index >= 15 is 0 Å². The van der Waals surface area contributed by atoms with Gasteiger partial charge in [0.25, 0.3) is 0 Å². The predicted octanol–water partition coefficient (Wildman–Crippen LogP) is 1.35. The van der Waals surface area contributed by atoms with Crippen LogP contribution in [0.15, 0.2) is 24.3 Å². The molecular formula is C13H19NO4. The molecule has 0 aliphatic heterocycles. The Hall–Kier alpha value is -1.75. The fraction of sp³-hybridized carbons (Fsp3) is 0.462. The summed E-state index contributed by atoms with van der Waals surface area (Å²) >= 11 is 0. The average molecular weight is 253 g/mol. The fourth-order valence-corrected chi connectivity index (χ4v) is 1.33. The third-order valence-electron chi connectivity index (χ3n) is 2.25. The standard InChI is InChI=1S/C13H19NO4/c14-11-4-3-5-12(10-11)17-9-6-13(16)18-8-2-1-7-15/h3-5,10,15H,1-2,6-9,14H2. The van der Waals surface area contributed by atoms with Gasteiger partial charge in [0.2, 0.25) is 0 Å². The van der Waals surface area contributed by atoms with Crippen LogP contribution in [0.2, 0.25) is 0 Å². The SMILES string of the molecule is Nc1cccc(OCCC(=O)OCCCCO)c1. The third kappa shape index (κ3) is 6.10. The van der Waals surface area contributed by atoms with E-state index in [1.807, 2.05) is 0 Å². The molecule has 0 fully saturated rings. The lowest BCUT2D eigenvalue weighted by atomic mass is 10.3. The van der Waals surface area contributed by atoms with E-state index in [0.717, 1.165) is 0 Å². The van der Waals surface area contributed by atoms with E-state index in [1.165, 1.54) is 0 Å². The Morgan fingerprint density at radius 3 is 2.83 bits per heavy atom. The molecule has 0 spiro atoms. The molecule has 0 amide bonds. The summed E-state index contributed by atoms with van der Waals surface area (Å²) < 4.78 is 10.3. The van der Waals surface area contributed by atoms with Crippen LogP contribution in [0, 0.1) is 0 Å². The maximum Gasteiger partial charge on any atom is 0.309 e. The van der Waals surface area contributed by atoms with Gasteiger partial charge in [0, 0.05) is 18.4 Å². The Balaban J connectivity index is 2.12. The minimum Gasteiger partial charge on any atom is -0.493 e. The molecule has 0 unspecified atom stereocenters. The van der Waals surface area contributed by atoms with Crippen molar-refractivity contribution in [1.29, 1.82) is 0 Å². The summed E-state index contributed by atoms with van der Waals surface area (Å²) in [4.78, 5) is 11.3. The van der Waals surface area contributed by atoms with E-state index in [4.69, 9.17) is 20.3 Å². The maximum atomic E-state index is 11.3. The number of nitrogens with two attached hydrogens (primary N) is 1. The van der Waals surface area contributed by atoms with Gasteiger partial charge in [0.1, 0.15) is 5.75 Å². The van der Waals surface area contributed by atoms with Gasteiger partial charge >= 0.3 is 5.97 Å². The zero-order chi connectivity index (χ0) is 13.2. The zero-order valence-corrected chi connectivity index (χ0v) is 10.3. The predicted molar refractivity (Wildman–Crippen MR) is 68.2 cm³/mol.